The normalized spacial score (nSPS) is 16.2. The van der Waals surface area contributed by atoms with Crippen molar-refractivity contribution in [3.63, 3.8) is 0 Å². The standard InChI is InChI=1S/C23H28F2N4O2/c1-3-26-23(31)27-22(30)16(2)28-12-14-29(15-13-28)21(17-4-8-19(24)9-5-17)18-6-10-20(25)11-7-18/h4-11,16,21H,3,12-15H2,1-2H3,(H2,26,27,30,31). The molecule has 3 amide bonds. The summed E-state index contributed by atoms with van der Waals surface area (Å²) in [5, 5.41) is 4.91. The molecule has 1 aliphatic rings. The second kappa shape index (κ2) is 10.5. The zero-order valence-corrected chi connectivity index (χ0v) is 17.8. The molecule has 3 rings (SSSR count). The first-order valence-electron chi connectivity index (χ1n) is 10.5. The summed E-state index contributed by atoms with van der Waals surface area (Å²) in [7, 11) is 0. The molecule has 2 aromatic carbocycles. The number of hydrogen-bond acceptors (Lipinski definition) is 4. The van der Waals surface area contributed by atoms with E-state index in [1.54, 1.807) is 38.1 Å². The van der Waals surface area contributed by atoms with Gasteiger partial charge in [-0.1, -0.05) is 24.3 Å². The van der Waals surface area contributed by atoms with Gasteiger partial charge in [0.05, 0.1) is 12.1 Å². The van der Waals surface area contributed by atoms with E-state index < -0.39 is 12.1 Å². The van der Waals surface area contributed by atoms with Gasteiger partial charge in [-0.2, -0.15) is 0 Å². The number of imide groups is 1. The molecule has 1 unspecified atom stereocenters. The Kier molecular flexibility index (Phi) is 7.70. The fourth-order valence-electron chi connectivity index (χ4n) is 3.87. The quantitative estimate of drug-likeness (QED) is 0.740. The van der Waals surface area contributed by atoms with Crippen molar-refractivity contribution in [3.05, 3.63) is 71.3 Å². The van der Waals surface area contributed by atoms with E-state index in [2.05, 4.69) is 15.5 Å². The van der Waals surface area contributed by atoms with Gasteiger partial charge >= 0.3 is 6.03 Å². The molecular formula is C23H28F2N4O2. The number of nitrogens with one attached hydrogen (secondary N) is 2. The molecule has 1 saturated heterocycles. The number of urea groups is 1. The van der Waals surface area contributed by atoms with Gasteiger partial charge in [-0.05, 0) is 49.2 Å². The van der Waals surface area contributed by atoms with Gasteiger partial charge in [-0.25, -0.2) is 13.6 Å². The Bertz CT molecular complexity index is 836. The molecule has 1 fully saturated rings. The van der Waals surface area contributed by atoms with Gasteiger partial charge in [0.15, 0.2) is 0 Å². The zero-order chi connectivity index (χ0) is 22.4. The molecule has 0 spiro atoms. The lowest BCUT2D eigenvalue weighted by Gasteiger charge is -2.41. The second-order valence-electron chi connectivity index (χ2n) is 7.60. The number of hydrogen-bond donors (Lipinski definition) is 2. The number of carbonyl (C=O) groups excluding carboxylic acids is 2. The lowest BCUT2D eigenvalue weighted by molar-refractivity contribution is -0.125. The van der Waals surface area contributed by atoms with Gasteiger partial charge in [0.1, 0.15) is 11.6 Å². The highest BCUT2D eigenvalue weighted by molar-refractivity contribution is 5.96. The minimum absolute atomic E-state index is 0.150. The van der Waals surface area contributed by atoms with E-state index in [9.17, 15) is 18.4 Å². The molecular weight excluding hydrogens is 402 g/mol. The summed E-state index contributed by atoms with van der Waals surface area (Å²) in [6.07, 6.45) is 0. The summed E-state index contributed by atoms with van der Waals surface area (Å²) in [6.45, 7) is 6.59. The van der Waals surface area contributed by atoms with E-state index in [-0.39, 0.29) is 23.6 Å². The van der Waals surface area contributed by atoms with Crippen LogP contribution in [-0.2, 0) is 4.79 Å². The maximum absolute atomic E-state index is 13.5. The fraction of sp³-hybridized carbons (Fsp3) is 0.391. The van der Waals surface area contributed by atoms with E-state index in [4.69, 9.17) is 0 Å². The Balaban J connectivity index is 1.70. The monoisotopic (exact) mass is 430 g/mol. The average Bonchev–Trinajstić information content (AvgIpc) is 2.76. The van der Waals surface area contributed by atoms with E-state index in [0.29, 0.717) is 32.7 Å². The highest BCUT2D eigenvalue weighted by atomic mass is 19.1. The lowest BCUT2D eigenvalue weighted by Crippen LogP contribution is -2.55. The molecule has 2 N–H and O–H groups in total. The number of rotatable bonds is 6. The van der Waals surface area contributed by atoms with Gasteiger partial charge in [-0.15, -0.1) is 0 Å². The summed E-state index contributed by atoms with van der Waals surface area (Å²) >= 11 is 0. The van der Waals surface area contributed by atoms with E-state index in [0.717, 1.165) is 11.1 Å². The van der Waals surface area contributed by atoms with E-state index in [1.165, 1.54) is 24.3 Å². The molecule has 166 valence electrons. The molecule has 1 heterocycles. The molecule has 0 saturated carbocycles. The maximum atomic E-state index is 13.5. The van der Waals surface area contributed by atoms with Crippen LogP contribution >= 0.6 is 0 Å². The van der Waals surface area contributed by atoms with Gasteiger partial charge in [-0.3, -0.25) is 19.9 Å². The SMILES string of the molecule is CCNC(=O)NC(=O)C(C)N1CCN(C(c2ccc(F)cc2)c2ccc(F)cc2)CC1. The topological polar surface area (TPSA) is 64.7 Å². The first kappa shape index (κ1) is 22.8. The minimum atomic E-state index is -0.495. The first-order chi connectivity index (χ1) is 14.9. The van der Waals surface area contributed by atoms with Gasteiger partial charge in [0.25, 0.3) is 0 Å². The number of benzene rings is 2. The van der Waals surface area contributed by atoms with Crippen molar-refractivity contribution in [1.82, 2.24) is 20.4 Å². The highest BCUT2D eigenvalue weighted by Crippen LogP contribution is 2.30. The van der Waals surface area contributed by atoms with E-state index in [1.807, 2.05) is 4.90 Å². The van der Waals surface area contributed by atoms with Gasteiger partial charge in [0, 0.05) is 32.7 Å². The smallest absolute Gasteiger partial charge is 0.321 e. The predicted octanol–water partition coefficient (Wildman–Crippen LogP) is 2.91. The number of halogens is 2. The van der Waals surface area contributed by atoms with Crippen LogP contribution in [0.15, 0.2) is 48.5 Å². The van der Waals surface area contributed by atoms with Crippen molar-refractivity contribution < 1.29 is 18.4 Å². The molecule has 0 aromatic heterocycles. The Hall–Kier alpha value is -2.84. The maximum Gasteiger partial charge on any atom is 0.321 e. The van der Waals surface area contributed by atoms with Gasteiger partial charge in [0.2, 0.25) is 5.91 Å². The van der Waals surface area contributed by atoms with Crippen LogP contribution in [0.5, 0.6) is 0 Å². The summed E-state index contributed by atoms with van der Waals surface area (Å²) < 4.78 is 26.9. The third-order valence-corrected chi connectivity index (χ3v) is 5.59. The molecule has 0 aliphatic carbocycles. The molecule has 0 radical (unpaired) electrons. The third-order valence-electron chi connectivity index (χ3n) is 5.59. The minimum Gasteiger partial charge on any atom is -0.338 e. The van der Waals surface area contributed by atoms with Crippen LogP contribution in [0.25, 0.3) is 0 Å². The van der Waals surface area contributed by atoms with Crippen molar-refractivity contribution in [1.29, 1.82) is 0 Å². The highest BCUT2D eigenvalue weighted by Gasteiger charge is 2.30. The summed E-state index contributed by atoms with van der Waals surface area (Å²) in [6, 6.07) is 11.6. The lowest BCUT2D eigenvalue weighted by atomic mass is 9.96. The van der Waals surface area contributed by atoms with Crippen molar-refractivity contribution in [2.24, 2.45) is 0 Å². The molecule has 31 heavy (non-hydrogen) atoms. The summed E-state index contributed by atoms with van der Waals surface area (Å²) in [5.74, 6) is -0.954. The van der Waals surface area contributed by atoms with Crippen LogP contribution in [-0.4, -0.2) is 60.5 Å². The number of amides is 3. The second-order valence-corrected chi connectivity index (χ2v) is 7.60. The third kappa shape index (κ3) is 5.86. The molecule has 2 aromatic rings. The molecule has 6 nitrogen and oxygen atoms in total. The molecule has 0 bridgehead atoms. The Morgan fingerprint density at radius 2 is 1.32 bits per heavy atom. The predicted molar refractivity (Wildman–Crippen MR) is 114 cm³/mol. The first-order valence-corrected chi connectivity index (χ1v) is 10.5. The van der Waals surface area contributed by atoms with Crippen molar-refractivity contribution >= 4 is 11.9 Å². The average molecular weight is 430 g/mol. The Morgan fingerprint density at radius 1 is 0.871 bits per heavy atom. The van der Waals surface area contributed by atoms with Crippen molar-refractivity contribution in [2.45, 2.75) is 25.9 Å². The Labute approximate surface area is 181 Å². The fourth-order valence-corrected chi connectivity index (χ4v) is 3.87. The van der Waals surface area contributed by atoms with Crippen LogP contribution in [0.4, 0.5) is 13.6 Å². The number of nitrogens with zero attached hydrogens (tertiary/aromatic N) is 2. The van der Waals surface area contributed by atoms with Crippen molar-refractivity contribution in [2.75, 3.05) is 32.7 Å². The number of carbonyl (C=O) groups is 2. The van der Waals surface area contributed by atoms with Crippen LogP contribution < -0.4 is 10.6 Å². The van der Waals surface area contributed by atoms with E-state index >= 15 is 0 Å². The van der Waals surface area contributed by atoms with Crippen molar-refractivity contribution in [3.8, 4) is 0 Å². The summed E-state index contributed by atoms with van der Waals surface area (Å²) in [4.78, 5) is 28.2. The largest absolute Gasteiger partial charge is 0.338 e. The molecule has 8 heteroatoms. The molecule has 1 atom stereocenters. The Morgan fingerprint density at radius 3 is 1.77 bits per heavy atom. The number of piperazine rings is 1. The van der Waals surface area contributed by atoms with Crippen LogP contribution in [0.2, 0.25) is 0 Å². The zero-order valence-electron chi connectivity index (χ0n) is 17.8. The van der Waals surface area contributed by atoms with Crippen LogP contribution in [0.1, 0.15) is 31.0 Å². The molecule has 1 aliphatic heterocycles. The van der Waals surface area contributed by atoms with Crippen LogP contribution in [0.3, 0.4) is 0 Å². The summed E-state index contributed by atoms with van der Waals surface area (Å²) in [5.41, 5.74) is 1.84. The van der Waals surface area contributed by atoms with Gasteiger partial charge < -0.3 is 5.32 Å². The van der Waals surface area contributed by atoms with Crippen LogP contribution in [0, 0.1) is 11.6 Å².